The first kappa shape index (κ1) is 18.7. The fourth-order valence-corrected chi connectivity index (χ4v) is 3.25. The lowest BCUT2D eigenvalue weighted by Gasteiger charge is -2.13. The second kappa shape index (κ2) is 9.01. The minimum Gasteiger partial charge on any atom is -0.352 e. The Morgan fingerprint density at radius 1 is 1.15 bits per heavy atom. The van der Waals surface area contributed by atoms with E-state index < -0.39 is 0 Å². The molecule has 0 radical (unpaired) electrons. The summed E-state index contributed by atoms with van der Waals surface area (Å²) in [6.07, 6.45) is 11.0. The van der Waals surface area contributed by atoms with Gasteiger partial charge in [0.15, 0.2) is 0 Å². The van der Waals surface area contributed by atoms with Crippen LogP contribution in [0, 0.1) is 0 Å². The van der Waals surface area contributed by atoms with Crippen molar-refractivity contribution in [3.8, 4) is 0 Å². The molecular weight excluding hydrogens is 371 g/mol. The molecule has 1 aliphatic rings. The van der Waals surface area contributed by atoms with Gasteiger partial charge in [0, 0.05) is 24.0 Å². The molecule has 26 heavy (non-hydrogen) atoms. The Morgan fingerprint density at radius 2 is 1.96 bits per heavy atom. The Balaban J connectivity index is 1.53. The van der Waals surface area contributed by atoms with E-state index in [0.29, 0.717) is 33.8 Å². The highest BCUT2D eigenvalue weighted by Crippen LogP contribution is 2.27. The molecule has 1 aromatic heterocycles. The normalized spacial score (nSPS) is 13.8. The van der Waals surface area contributed by atoms with Gasteiger partial charge >= 0.3 is 0 Å². The second-order valence-corrected chi connectivity index (χ2v) is 7.00. The molecular formula is C19H20Cl2N4O. The summed E-state index contributed by atoms with van der Waals surface area (Å²) in [6, 6.07) is 5.10. The zero-order valence-electron chi connectivity index (χ0n) is 14.3. The third-order valence-electron chi connectivity index (χ3n) is 4.21. The average molecular weight is 391 g/mol. The van der Waals surface area contributed by atoms with Crippen molar-refractivity contribution in [2.45, 2.75) is 32.1 Å². The minimum absolute atomic E-state index is 0.169. The fourth-order valence-electron chi connectivity index (χ4n) is 2.79. The Kier molecular flexibility index (Phi) is 6.47. The van der Waals surface area contributed by atoms with Gasteiger partial charge in [-0.05, 0) is 50.3 Å². The van der Waals surface area contributed by atoms with Crippen molar-refractivity contribution >= 4 is 40.7 Å². The van der Waals surface area contributed by atoms with Crippen LogP contribution in [0.25, 0.3) is 0 Å². The Hall–Kier alpha value is -2.11. The number of nitrogens with zero attached hydrogens (tertiary/aromatic N) is 2. The van der Waals surface area contributed by atoms with Crippen LogP contribution in [0.3, 0.4) is 0 Å². The van der Waals surface area contributed by atoms with Crippen LogP contribution in [0.15, 0.2) is 42.2 Å². The van der Waals surface area contributed by atoms with Gasteiger partial charge in [-0.15, -0.1) is 0 Å². The van der Waals surface area contributed by atoms with Crippen LogP contribution in [-0.4, -0.2) is 22.4 Å². The molecule has 0 bridgehead atoms. The summed E-state index contributed by atoms with van der Waals surface area (Å²) >= 11 is 12.0. The standard InChI is InChI=1S/C19H20Cl2N4O/c20-15-6-7-17(16(21)10-15)25-19-23-11-14(12-24-19)18(26)22-9-8-13-4-2-1-3-5-13/h4,6-7,10-12H,1-3,5,8-9H2,(H,22,26)(H,23,24,25). The first-order chi connectivity index (χ1) is 12.6. The van der Waals surface area contributed by atoms with Crippen molar-refractivity contribution in [3.05, 3.63) is 57.9 Å². The Labute approximate surface area is 162 Å². The van der Waals surface area contributed by atoms with Gasteiger partial charge in [0.05, 0.1) is 16.3 Å². The summed E-state index contributed by atoms with van der Waals surface area (Å²) in [7, 11) is 0. The summed E-state index contributed by atoms with van der Waals surface area (Å²) in [5, 5.41) is 6.94. The predicted molar refractivity (Wildman–Crippen MR) is 105 cm³/mol. The maximum Gasteiger partial charge on any atom is 0.254 e. The molecule has 136 valence electrons. The van der Waals surface area contributed by atoms with Gasteiger partial charge < -0.3 is 10.6 Å². The van der Waals surface area contributed by atoms with Crippen molar-refractivity contribution in [1.29, 1.82) is 0 Å². The summed E-state index contributed by atoms with van der Waals surface area (Å²) < 4.78 is 0. The summed E-state index contributed by atoms with van der Waals surface area (Å²) in [5.74, 6) is 0.190. The number of carbonyl (C=O) groups is 1. The minimum atomic E-state index is -0.169. The van der Waals surface area contributed by atoms with Gasteiger partial charge in [-0.2, -0.15) is 0 Å². The van der Waals surface area contributed by atoms with Crippen LogP contribution in [0.4, 0.5) is 11.6 Å². The number of amides is 1. The molecule has 5 nitrogen and oxygen atoms in total. The van der Waals surface area contributed by atoms with Crippen LogP contribution in [-0.2, 0) is 0 Å². The van der Waals surface area contributed by atoms with Crippen molar-refractivity contribution in [2.75, 3.05) is 11.9 Å². The zero-order chi connectivity index (χ0) is 18.4. The van der Waals surface area contributed by atoms with Crippen LogP contribution in [0.5, 0.6) is 0 Å². The molecule has 0 atom stereocenters. The van der Waals surface area contributed by atoms with Crippen LogP contribution >= 0.6 is 23.2 Å². The molecule has 0 aliphatic heterocycles. The quantitative estimate of drug-likeness (QED) is 0.669. The first-order valence-electron chi connectivity index (χ1n) is 8.62. The molecule has 7 heteroatoms. The van der Waals surface area contributed by atoms with E-state index in [1.807, 2.05) is 0 Å². The molecule has 1 aliphatic carbocycles. The van der Waals surface area contributed by atoms with Gasteiger partial charge in [-0.3, -0.25) is 4.79 Å². The lowest BCUT2D eigenvalue weighted by Crippen LogP contribution is -2.25. The van der Waals surface area contributed by atoms with Gasteiger partial charge in [-0.1, -0.05) is 34.9 Å². The van der Waals surface area contributed by atoms with E-state index in [4.69, 9.17) is 23.2 Å². The monoisotopic (exact) mass is 390 g/mol. The molecule has 3 rings (SSSR count). The number of halogens is 2. The van der Waals surface area contributed by atoms with Crippen molar-refractivity contribution < 1.29 is 4.79 Å². The van der Waals surface area contributed by atoms with E-state index in [0.717, 1.165) is 19.3 Å². The van der Waals surface area contributed by atoms with Gasteiger partial charge in [0.1, 0.15) is 0 Å². The zero-order valence-corrected chi connectivity index (χ0v) is 15.8. The summed E-state index contributed by atoms with van der Waals surface area (Å²) in [6.45, 7) is 0.630. The van der Waals surface area contributed by atoms with E-state index in [2.05, 4.69) is 26.7 Å². The number of nitrogens with one attached hydrogen (secondary N) is 2. The highest BCUT2D eigenvalue weighted by molar-refractivity contribution is 6.36. The number of hydrogen-bond donors (Lipinski definition) is 2. The molecule has 1 aromatic carbocycles. The van der Waals surface area contributed by atoms with Crippen molar-refractivity contribution in [1.82, 2.24) is 15.3 Å². The highest BCUT2D eigenvalue weighted by Gasteiger charge is 2.09. The van der Waals surface area contributed by atoms with E-state index in [-0.39, 0.29) is 5.91 Å². The van der Waals surface area contributed by atoms with E-state index in [9.17, 15) is 4.79 Å². The summed E-state index contributed by atoms with van der Waals surface area (Å²) in [4.78, 5) is 20.5. The first-order valence-corrected chi connectivity index (χ1v) is 9.37. The van der Waals surface area contributed by atoms with E-state index in [1.165, 1.54) is 30.8 Å². The molecule has 0 fully saturated rings. The van der Waals surface area contributed by atoms with E-state index in [1.54, 1.807) is 18.2 Å². The summed E-state index contributed by atoms with van der Waals surface area (Å²) in [5.41, 5.74) is 2.51. The molecule has 0 spiro atoms. The molecule has 2 aromatic rings. The maximum atomic E-state index is 12.2. The number of allylic oxidation sites excluding steroid dienone is 1. The Bertz CT molecular complexity index is 806. The third kappa shape index (κ3) is 5.19. The molecule has 1 amide bonds. The average Bonchev–Trinajstić information content (AvgIpc) is 2.65. The number of rotatable bonds is 6. The lowest BCUT2D eigenvalue weighted by atomic mass is 9.97. The third-order valence-corrected chi connectivity index (χ3v) is 4.76. The highest BCUT2D eigenvalue weighted by atomic mass is 35.5. The number of anilines is 2. The van der Waals surface area contributed by atoms with Gasteiger partial charge in [0.25, 0.3) is 5.91 Å². The van der Waals surface area contributed by atoms with Crippen molar-refractivity contribution in [3.63, 3.8) is 0 Å². The second-order valence-electron chi connectivity index (χ2n) is 6.16. The van der Waals surface area contributed by atoms with Crippen LogP contribution in [0.2, 0.25) is 10.0 Å². The maximum absolute atomic E-state index is 12.2. The number of aromatic nitrogens is 2. The van der Waals surface area contributed by atoms with E-state index >= 15 is 0 Å². The topological polar surface area (TPSA) is 66.9 Å². The van der Waals surface area contributed by atoms with Gasteiger partial charge in [-0.25, -0.2) is 9.97 Å². The molecule has 0 saturated heterocycles. The van der Waals surface area contributed by atoms with Gasteiger partial charge in [0.2, 0.25) is 5.95 Å². The number of carbonyl (C=O) groups excluding carboxylic acids is 1. The van der Waals surface area contributed by atoms with Crippen LogP contribution in [0.1, 0.15) is 42.5 Å². The smallest absolute Gasteiger partial charge is 0.254 e. The largest absolute Gasteiger partial charge is 0.352 e. The molecule has 1 heterocycles. The van der Waals surface area contributed by atoms with Crippen LogP contribution < -0.4 is 10.6 Å². The van der Waals surface area contributed by atoms with Crippen molar-refractivity contribution in [2.24, 2.45) is 0 Å². The predicted octanol–water partition coefficient (Wildman–Crippen LogP) is 5.15. The molecule has 0 saturated carbocycles. The molecule has 0 unspecified atom stereocenters. The Morgan fingerprint density at radius 3 is 2.65 bits per heavy atom. The number of benzene rings is 1. The SMILES string of the molecule is O=C(NCCC1=CCCCC1)c1cnc(Nc2ccc(Cl)cc2Cl)nc1. The number of hydrogen-bond acceptors (Lipinski definition) is 4. The lowest BCUT2D eigenvalue weighted by molar-refractivity contribution is 0.0953. The fraction of sp³-hybridized carbons (Fsp3) is 0.316. The molecule has 2 N–H and O–H groups in total.